The number of carbonyl (C=O) groups is 1. The highest BCUT2D eigenvalue weighted by Crippen LogP contribution is 2.49. The summed E-state index contributed by atoms with van der Waals surface area (Å²) in [6, 6.07) is 9.17. The van der Waals surface area contributed by atoms with Crippen LogP contribution in [0.2, 0.25) is 0 Å². The minimum Gasteiger partial charge on any atom is -0.463 e. The van der Waals surface area contributed by atoms with Gasteiger partial charge in [0.2, 0.25) is 0 Å². The number of esters is 1. The van der Waals surface area contributed by atoms with E-state index in [2.05, 4.69) is 39.8 Å². The number of hydrogen-bond acceptors (Lipinski definition) is 3. The van der Waals surface area contributed by atoms with Gasteiger partial charge in [-0.1, -0.05) is 24.3 Å². The predicted molar refractivity (Wildman–Crippen MR) is 103 cm³/mol. The van der Waals surface area contributed by atoms with Gasteiger partial charge in [0.05, 0.1) is 18.2 Å². The van der Waals surface area contributed by atoms with Crippen molar-refractivity contribution in [2.75, 3.05) is 19.7 Å². The number of allylic oxidation sites excluding steroid dienone is 2. The molecule has 0 spiro atoms. The highest BCUT2D eigenvalue weighted by atomic mass is 16.5. The first-order chi connectivity index (χ1) is 12.8. The van der Waals surface area contributed by atoms with Gasteiger partial charge in [-0.15, -0.1) is 0 Å². The fourth-order valence-electron chi connectivity index (χ4n) is 5.10. The Morgan fingerprint density at radius 1 is 1.31 bits per heavy atom. The van der Waals surface area contributed by atoms with E-state index >= 15 is 0 Å². The molecule has 0 radical (unpaired) electrons. The van der Waals surface area contributed by atoms with Crippen LogP contribution in [0.15, 0.2) is 42.5 Å². The Hall–Kier alpha value is -2.33. The average Bonchev–Trinajstić information content (AvgIpc) is 3.01. The molecule has 1 aromatic heterocycles. The molecule has 26 heavy (non-hydrogen) atoms. The molecule has 3 aliphatic rings. The second kappa shape index (κ2) is 6.13. The van der Waals surface area contributed by atoms with Crippen LogP contribution in [0.1, 0.15) is 37.1 Å². The lowest BCUT2D eigenvalue weighted by atomic mass is 9.80. The largest absolute Gasteiger partial charge is 0.463 e. The van der Waals surface area contributed by atoms with Gasteiger partial charge < -0.3 is 9.30 Å². The molecule has 0 bridgehead atoms. The Balaban J connectivity index is 1.70. The zero-order valence-electron chi connectivity index (χ0n) is 15.1. The molecule has 1 fully saturated rings. The lowest BCUT2D eigenvalue weighted by Gasteiger charge is -2.46. The maximum atomic E-state index is 11.9. The number of rotatable bonds is 3. The first-order valence-corrected chi connectivity index (χ1v) is 9.71. The maximum Gasteiger partial charge on any atom is 0.330 e. The second-order valence-electron chi connectivity index (χ2n) is 7.43. The summed E-state index contributed by atoms with van der Waals surface area (Å²) in [5.41, 5.74) is 5.32. The molecule has 0 saturated carbocycles. The Labute approximate surface area is 153 Å². The van der Waals surface area contributed by atoms with Crippen LogP contribution in [-0.2, 0) is 16.0 Å². The van der Waals surface area contributed by atoms with Crippen molar-refractivity contribution in [2.45, 2.75) is 32.2 Å². The van der Waals surface area contributed by atoms with E-state index in [0.717, 1.165) is 18.7 Å². The summed E-state index contributed by atoms with van der Waals surface area (Å²) in [5, 5.41) is 1.36. The molecule has 1 aromatic carbocycles. The Morgan fingerprint density at radius 2 is 2.19 bits per heavy atom. The van der Waals surface area contributed by atoms with Crippen LogP contribution < -0.4 is 0 Å². The monoisotopic (exact) mass is 348 g/mol. The summed E-state index contributed by atoms with van der Waals surface area (Å²) in [6.45, 7) is 4.60. The van der Waals surface area contributed by atoms with E-state index < -0.39 is 0 Å². The molecule has 3 aliphatic heterocycles. The first kappa shape index (κ1) is 15.9. The van der Waals surface area contributed by atoms with Crippen molar-refractivity contribution in [3.63, 3.8) is 0 Å². The molecule has 0 amide bonds. The van der Waals surface area contributed by atoms with Gasteiger partial charge in [-0.2, -0.15) is 0 Å². The fourth-order valence-corrected chi connectivity index (χ4v) is 5.10. The number of piperidine rings is 1. The molecule has 134 valence electrons. The van der Waals surface area contributed by atoms with Crippen LogP contribution in [0.25, 0.3) is 16.6 Å². The van der Waals surface area contributed by atoms with Crippen LogP contribution in [0.5, 0.6) is 0 Å². The fraction of sp³-hybridized carbons (Fsp3) is 0.409. The van der Waals surface area contributed by atoms with Gasteiger partial charge in [0.1, 0.15) is 0 Å². The van der Waals surface area contributed by atoms with Gasteiger partial charge in [0.25, 0.3) is 0 Å². The Bertz CT molecular complexity index is 937. The molecule has 0 N–H and O–H groups in total. The van der Waals surface area contributed by atoms with Gasteiger partial charge in [-0.25, -0.2) is 4.79 Å². The van der Waals surface area contributed by atoms with Gasteiger partial charge in [-0.3, -0.25) is 4.90 Å². The number of para-hydroxylation sites is 1. The zero-order valence-corrected chi connectivity index (χ0v) is 15.1. The van der Waals surface area contributed by atoms with E-state index in [0.29, 0.717) is 18.6 Å². The van der Waals surface area contributed by atoms with E-state index in [1.807, 2.05) is 13.0 Å². The average molecular weight is 348 g/mol. The highest BCUT2D eigenvalue weighted by Gasteiger charge is 2.41. The molecule has 1 saturated heterocycles. The quantitative estimate of drug-likeness (QED) is 0.623. The number of carbonyl (C=O) groups excluding carboxylic acids is 1. The molecule has 5 rings (SSSR count). The summed E-state index contributed by atoms with van der Waals surface area (Å²) in [7, 11) is 0. The van der Waals surface area contributed by atoms with Crippen molar-refractivity contribution in [2.24, 2.45) is 5.92 Å². The molecular weight excluding hydrogens is 324 g/mol. The first-order valence-electron chi connectivity index (χ1n) is 9.71. The van der Waals surface area contributed by atoms with Gasteiger partial charge in [0, 0.05) is 35.3 Å². The highest BCUT2D eigenvalue weighted by molar-refractivity contribution is 5.92. The van der Waals surface area contributed by atoms with E-state index in [-0.39, 0.29) is 5.97 Å². The molecule has 4 heteroatoms. The number of nitrogens with zero attached hydrogens (tertiary/aromatic N) is 2. The number of ether oxygens (including phenoxy) is 1. The number of fused-ring (bicyclic) bond motifs is 3. The molecular formula is C22H24N2O2. The summed E-state index contributed by atoms with van der Waals surface area (Å²) < 4.78 is 7.47. The lowest BCUT2D eigenvalue weighted by Crippen LogP contribution is -2.44. The minimum absolute atomic E-state index is 0.272. The smallest absolute Gasteiger partial charge is 0.330 e. The van der Waals surface area contributed by atoms with E-state index in [1.54, 1.807) is 6.08 Å². The van der Waals surface area contributed by atoms with Gasteiger partial charge in [-0.05, 0) is 50.4 Å². The number of aromatic nitrogens is 1. The molecule has 0 aliphatic carbocycles. The summed E-state index contributed by atoms with van der Waals surface area (Å²) >= 11 is 0. The summed E-state index contributed by atoms with van der Waals surface area (Å²) in [6.07, 6.45) is 9.47. The third-order valence-electron chi connectivity index (χ3n) is 6.05. The van der Waals surface area contributed by atoms with Crippen molar-refractivity contribution in [3.8, 4) is 0 Å². The molecule has 4 heterocycles. The van der Waals surface area contributed by atoms with Crippen LogP contribution >= 0.6 is 0 Å². The van der Waals surface area contributed by atoms with Crippen molar-refractivity contribution >= 4 is 22.6 Å². The van der Waals surface area contributed by atoms with E-state index in [1.165, 1.54) is 41.5 Å². The standard InChI is InChI=1S/C22H24N2O2/c1-2-26-20(25)10-9-16-14-15-6-5-12-23-13-11-18-17-7-3-4-8-19(17)24(16)22(18)21(15)23/h3-4,7-10,14-15,21H,2,5-6,11-13H2,1H3/b10-9+. The number of benzene rings is 1. The maximum absolute atomic E-state index is 11.9. The Morgan fingerprint density at radius 3 is 3.08 bits per heavy atom. The predicted octanol–water partition coefficient (Wildman–Crippen LogP) is 3.92. The van der Waals surface area contributed by atoms with Crippen LogP contribution in [0.4, 0.5) is 0 Å². The van der Waals surface area contributed by atoms with Gasteiger partial charge >= 0.3 is 5.97 Å². The molecule has 2 unspecified atom stereocenters. The van der Waals surface area contributed by atoms with E-state index in [4.69, 9.17) is 4.74 Å². The van der Waals surface area contributed by atoms with Crippen molar-refractivity contribution in [3.05, 3.63) is 53.8 Å². The normalized spacial score (nSPS) is 24.6. The minimum atomic E-state index is -0.272. The topological polar surface area (TPSA) is 34.5 Å². The second-order valence-corrected chi connectivity index (χ2v) is 7.43. The summed E-state index contributed by atoms with van der Waals surface area (Å²) in [5.74, 6) is 0.257. The Kier molecular flexibility index (Phi) is 3.75. The third-order valence-corrected chi connectivity index (χ3v) is 6.05. The van der Waals surface area contributed by atoms with Crippen LogP contribution in [0, 0.1) is 5.92 Å². The number of hydrogen-bond donors (Lipinski definition) is 0. The SMILES string of the molecule is CCOC(=O)/C=C/C1=CC2CCCN3CCc4c(n1c1ccccc41)C23. The lowest BCUT2D eigenvalue weighted by molar-refractivity contribution is -0.137. The van der Waals surface area contributed by atoms with Crippen molar-refractivity contribution < 1.29 is 9.53 Å². The molecule has 2 atom stereocenters. The molecule has 4 nitrogen and oxygen atoms in total. The van der Waals surface area contributed by atoms with Crippen molar-refractivity contribution in [1.82, 2.24) is 9.47 Å². The zero-order chi connectivity index (χ0) is 17.7. The van der Waals surface area contributed by atoms with Crippen LogP contribution in [0.3, 0.4) is 0 Å². The third kappa shape index (κ3) is 2.28. The summed E-state index contributed by atoms with van der Waals surface area (Å²) in [4.78, 5) is 14.5. The van der Waals surface area contributed by atoms with E-state index in [9.17, 15) is 4.79 Å². The van der Waals surface area contributed by atoms with Gasteiger partial charge in [0.15, 0.2) is 0 Å². The molecule has 2 aromatic rings. The van der Waals surface area contributed by atoms with Crippen LogP contribution in [-0.4, -0.2) is 35.1 Å². The van der Waals surface area contributed by atoms with Crippen molar-refractivity contribution in [1.29, 1.82) is 0 Å².